The largest absolute Gasteiger partial charge is 0.461 e. The Kier molecular flexibility index (Phi) is 4.14. The van der Waals surface area contributed by atoms with Crippen molar-refractivity contribution in [2.75, 3.05) is 6.61 Å². The molecule has 0 unspecified atom stereocenters. The van der Waals surface area contributed by atoms with Crippen molar-refractivity contribution >= 4 is 11.9 Å². The number of nitrogens with zero attached hydrogens (tertiary/aromatic N) is 3. The van der Waals surface area contributed by atoms with Gasteiger partial charge in [-0.05, 0) is 19.8 Å². The van der Waals surface area contributed by atoms with E-state index in [0.717, 1.165) is 12.8 Å². The van der Waals surface area contributed by atoms with Crippen molar-refractivity contribution in [2.45, 2.75) is 38.5 Å². The fourth-order valence-electron chi connectivity index (χ4n) is 1.68. The number of halogens is 3. The van der Waals surface area contributed by atoms with Gasteiger partial charge in [-0.2, -0.15) is 13.2 Å². The summed E-state index contributed by atoms with van der Waals surface area (Å²) in [7, 11) is 0. The lowest BCUT2D eigenvalue weighted by Crippen LogP contribution is -2.31. The van der Waals surface area contributed by atoms with E-state index in [1.165, 1.54) is 6.92 Å². The zero-order valence-corrected chi connectivity index (χ0v) is 11.1. The Labute approximate surface area is 117 Å². The molecule has 21 heavy (non-hydrogen) atoms. The van der Waals surface area contributed by atoms with Crippen LogP contribution in [0, 0.1) is 0 Å². The van der Waals surface area contributed by atoms with Crippen LogP contribution in [0.1, 0.15) is 35.9 Å². The first-order valence-electron chi connectivity index (χ1n) is 6.30. The highest BCUT2D eigenvalue weighted by Gasteiger charge is 2.42. The zero-order chi connectivity index (χ0) is 15.6. The number of amides is 1. The summed E-state index contributed by atoms with van der Waals surface area (Å²) in [6, 6.07) is 0.0138. The van der Waals surface area contributed by atoms with Crippen LogP contribution in [0.3, 0.4) is 0 Å². The van der Waals surface area contributed by atoms with E-state index in [1.54, 1.807) is 0 Å². The maximum Gasteiger partial charge on any atom is 0.435 e. The number of esters is 1. The van der Waals surface area contributed by atoms with E-state index in [0.29, 0.717) is 4.68 Å². The molecule has 1 fully saturated rings. The molecule has 0 aromatic carbocycles. The predicted octanol–water partition coefficient (Wildman–Crippen LogP) is 0.752. The van der Waals surface area contributed by atoms with Gasteiger partial charge in [-0.3, -0.25) is 4.79 Å². The SMILES string of the molecule is CCOC(=O)c1nnn(CC(=O)NC2CC2)c1C(F)(F)F. The lowest BCUT2D eigenvalue weighted by atomic mass is 10.3. The van der Waals surface area contributed by atoms with Crippen molar-refractivity contribution in [1.29, 1.82) is 0 Å². The Morgan fingerprint density at radius 1 is 1.43 bits per heavy atom. The number of aromatic nitrogens is 3. The summed E-state index contributed by atoms with van der Waals surface area (Å²) < 4.78 is 43.9. The molecule has 1 aliphatic carbocycles. The number of hydrogen-bond donors (Lipinski definition) is 1. The van der Waals surface area contributed by atoms with Crippen molar-refractivity contribution in [2.24, 2.45) is 0 Å². The first-order chi connectivity index (χ1) is 9.82. The van der Waals surface area contributed by atoms with E-state index in [2.05, 4.69) is 20.4 Å². The van der Waals surface area contributed by atoms with Gasteiger partial charge < -0.3 is 10.1 Å². The number of alkyl halides is 3. The summed E-state index contributed by atoms with van der Waals surface area (Å²) in [6.45, 7) is 0.710. The summed E-state index contributed by atoms with van der Waals surface area (Å²) in [5.41, 5.74) is -2.32. The molecular weight excluding hydrogens is 293 g/mol. The van der Waals surface area contributed by atoms with Gasteiger partial charge in [-0.25, -0.2) is 9.48 Å². The van der Waals surface area contributed by atoms with Crippen molar-refractivity contribution < 1.29 is 27.5 Å². The Bertz CT molecular complexity index is 551. The highest BCUT2D eigenvalue weighted by molar-refractivity contribution is 5.88. The highest BCUT2D eigenvalue weighted by Crippen LogP contribution is 2.31. The van der Waals surface area contributed by atoms with E-state index in [1.807, 2.05) is 0 Å². The van der Waals surface area contributed by atoms with Gasteiger partial charge in [0.25, 0.3) is 0 Å². The minimum atomic E-state index is -4.87. The van der Waals surface area contributed by atoms with Crippen LogP contribution in [-0.4, -0.2) is 39.5 Å². The van der Waals surface area contributed by atoms with Crippen LogP contribution in [0.2, 0.25) is 0 Å². The molecule has 0 radical (unpaired) electrons. The molecule has 1 N–H and O–H groups in total. The Morgan fingerprint density at radius 3 is 2.62 bits per heavy atom. The molecule has 1 aromatic heterocycles. The number of carbonyl (C=O) groups is 2. The van der Waals surface area contributed by atoms with Crippen LogP contribution < -0.4 is 5.32 Å². The number of nitrogens with one attached hydrogen (secondary N) is 1. The molecule has 1 amide bonds. The summed E-state index contributed by atoms with van der Waals surface area (Å²) in [6.07, 6.45) is -3.25. The van der Waals surface area contributed by atoms with Crippen LogP contribution in [-0.2, 0) is 22.3 Å². The van der Waals surface area contributed by atoms with Crippen LogP contribution in [0.5, 0.6) is 0 Å². The molecule has 0 bridgehead atoms. The molecule has 10 heteroatoms. The second-order valence-corrected chi connectivity index (χ2v) is 4.50. The molecule has 1 aromatic rings. The predicted molar refractivity (Wildman–Crippen MR) is 62.1 cm³/mol. The molecule has 0 atom stereocenters. The van der Waals surface area contributed by atoms with Crippen LogP contribution >= 0.6 is 0 Å². The van der Waals surface area contributed by atoms with Gasteiger partial charge in [0.15, 0.2) is 5.69 Å². The molecule has 7 nitrogen and oxygen atoms in total. The van der Waals surface area contributed by atoms with Crippen molar-refractivity contribution in [3.8, 4) is 0 Å². The lowest BCUT2D eigenvalue weighted by Gasteiger charge is -2.10. The second-order valence-electron chi connectivity index (χ2n) is 4.50. The maximum absolute atomic E-state index is 13.0. The minimum absolute atomic E-state index is 0.0138. The van der Waals surface area contributed by atoms with Crippen molar-refractivity contribution in [1.82, 2.24) is 20.3 Å². The van der Waals surface area contributed by atoms with Crippen LogP contribution in [0.4, 0.5) is 13.2 Å². The zero-order valence-electron chi connectivity index (χ0n) is 11.1. The van der Waals surface area contributed by atoms with Gasteiger partial charge in [0.2, 0.25) is 11.6 Å². The van der Waals surface area contributed by atoms with Gasteiger partial charge in [0.1, 0.15) is 6.54 Å². The third-order valence-electron chi connectivity index (χ3n) is 2.71. The molecular formula is C11H13F3N4O3. The number of carbonyl (C=O) groups excluding carboxylic acids is 2. The number of ether oxygens (including phenoxy) is 1. The first kappa shape index (κ1) is 15.3. The fourth-order valence-corrected chi connectivity index (χ4v) is 1.68. The maximum atomic E-state index is 13.0. The molecule has 1 saturated carbocycles. The van der Waals surface area contributed by atoms with Gasteiger partial charge in [0, 0.05) is 6.04 Å². The van der Waals surface area contributed by atoms with Gasteiger partial charge in [0.05, 0.1) is 6.61 Å². The summed E-state index contributed by atoms with van der Waals surface area (Å²) in [5.74, 6) is -1.83. The van der Waals surface area contributed by atoms with Crippen molar-refractivity contribution in [3.63, 3.8) is 0 Å². The summed E-state index contributed by atoms with van der Waals surface area (Å²) in [5, 5.41) is 8.96. The molecule has 0 spiro atoms. The lowest BCUT2D eigenvalue weighted by molar-refractivity contribution is -0.145. The standard InChI is InChI=1S/C11H13F3N4O3/c1-2-21-10(20)8-9(11(12,13)14)18(17-16-8)5-7(19)15-6-3-4-6/h6H,2-5H2,1H3,(H,15,19). The molecule has 116 valence electrons. The number of hydrogen-bond acceptors (Lipinski definition) is 5. The van der Waals surface area contributed by atoms with E-state index in [9.17, 15) is 22.8 Å². The van der Waals surface area contributed by atoms with Gasteiger partial charge in [-0.15, -0.1) is 5.10 Å². The molecule has 0 aliphatic heterocycles. The van der Waals surface area contributed by atoms with Gasteiger partial charge >= 0.3 is 12.1 Å². The summed E-state index contributed by atoms with van der Waals surface area (Å²) >= 11 is 0. The molecule has 1 heterocycles. The number of rotatable bonds is 5. The van der Waals surface area contributed by atoms with Crippen LogP contribution in [0.15, 0.2) is 0 Å². The Hall–Kier alpha value is -2.13. The minimum Gasteiger partial charge on any atom is -0.461 e. The highest BCUT2D eigenvalue weighted by atomic mass is 19.4. The first-order valence-corrected chi connectivity index (χ1v) is 6.30. The topological polar surface area (TPSA) is 86.1 Å². The third-order valence-corrected chi connectivity index (χ3v) is 2.71. The van der Waals surface area contributed by atoms with Crippen molar-refractivity contribution in [3.05, 3.63) is 11.4 Å². The second kappa shape index (κ2) is 5.70. The Balaban J connectivity index is 2.23. The monoisotopic (exact) mass is 306 g/mol. The van der Waals surface area contributed by atoms with E-state index < -0.39 is 36.0 Å². The fraction of sp³-hybridized carbons (Fsp3) is 0.636. The summed E-state index contributed by atoms with van der Waals surface area (Å²) in [4.78, 5) is 23.0. The molecule has 2 rings (SSSR count). The average molecular weight is 306 g/mol. The van der Waals surface area contributed by atoms with Gasteiger partial charge in [-0.1, -0.05) is 5.21 Å². The Morgan fingerprint density at radius 2 is 2.10 bits per heavy atom. The molecule has 0 saturated heterocycles. The molecule has 1 aliphatic rings. The third kappa shape index (κ3) is 3.70. The van der Waals surface area contributed by atoms with E-state index in [4.69, 9.17) is 0 Å². The van der Waals surface area contributed by atoms with E-state index >= 15 is 0 Å². The average Bonchev–Trinajstić information content (AvgIpc) is 3.05. The van der Waals surface area contributed by atoms with E-state index in [-0.39, 0.29) is 12.6 Å². The van der Waals surface area contributed by atoms with Crippen LogP contribution in [0.25, 0.3) is 0 Å². The quantitative estimate of drug-likeness (QED) is 0.811. The smallest absolute Gasteiger partial charge is 0.435 e. The normalized spacial score (nSPS) is 14.9.